The lowest BCUT2D eigenvalue weighted by Crippen LogP contribution is -2.56. The molecule has 9 nitrogen and oxygen atoms in total. The number of aromatic nitrogens is 1. The number of carbonyl (C=O) groups excluding carboxylic acids is 3. The van der Waals surface area contributed by atoms with Gasteiger partial charge in [0.15, 0.2) is 0 Å². The molecule has 1 aromatic rings. The van der Waals surface area contributed by atoms with Crippen LogP contribution in [-0.2, 0) is 14.3 Å². The van der Waals surface area contributed by atoms with E-state index in [9.17, 15) is 14.4 Å². The number of ether oxygens (including phenoxy) is 2. The SMILES string of the molecule is COCC(=O)N1CCN(C(=O)c2ccc(OC)nc2)CCNC(=O)C2CCCCC21. The maximum absolute atomic E-state index is 13.0. The van der Waals surface area contributed by atoms with E-state index in [1.165, 1.54) is 20.4 Å². The zero-order chi connectivity index (χ0) is 21.5. The number of hydrogen-bond acceptors (Lipinski definition) is 6. The number of methoxy groups -OCH3 is 2. The Morgan fingerprint density at radius 1 is 1.17 bits per heavy atom. The Balaban J connectivity index is 1.81. The zero-order valence-electron chi connectivity index (χ0n) is 17.6. The highest BCUT2D eigenvalue weighted by Crippen LogP contribution is 2.29. The largest absolute Gasteiger partial charge is 0.481 e. The Bertz CT molecular complexity index is 754. The summed E-state index contributed by atoms with van der Waals surface area (Å²) in [6.45, 7) is 1.44. The Kier molecular flexibility index (Phi) is 7.62. The van der Waals surface area contributed by atoms with Crippen LogP contribution in [0.15, 0.2) is 18.3 Å². The number of fused-ring (bicyclic) bond motifs is 1. The topological polar surface area (TPSA) is 101 Å². The number of nitrogens with zero attached hydrogens (tertiary/aromatic N) is 3. The molecule has 2 unspecified atom stereocenters. The van der Waals surface area contributed by atoms with E-state index in [0.717, 1.165) is 25.7 Å². The fraction of sp³-hybridized carbons (Fsp3) is 0.619. The van der Waals surface area contributed by atoms with Gasteiger partial charge in [-0.15, -0.1) is 0 Å². The Morgan fingerprint density at radius 3 is 2.67 bits per heavy atom. The molecule has 1 saturated heterocycles. The van der Waals surface area contributed by atoms with Crippen LogP contribution in [0.4, 0.5) is 0 Å². The van der Waals surface area contributed by atoms with E-state index in [-0.39, 0.29) is 36.3 Å². The maximum atomic E-state index is 13.0. The molecule has 0 bridgehead atoms. The Hall–Kier alpha value is -2.68. The first-order valence-corrected chi connectivity index (χ1v) is 10.4. The van der Waals surface area contributed by atoms with Gasteiger partial charge in [-0.2, -0.15) is 0 Å². The van der Waals surface area contributed by atoms with Crippen LogP contribution in [0.2, 0.25) is 0 Å². The van der Waals surface area contributed by atoms with E-state index in [4.69, 9.17) is 9.47 Å². The molecule has 1 aromatic heterocycles. The van der Waals surface area contributed by atoms with E-state index in [0.29, 0.717) is 37.6 Å². The van der Waals surface area contributed by atoms with Crippen molar-refractivity contribution in [1.29, 1.82) is 0 Å². The van der Waals surface area contributed by atoms with Gasteiger partial charge in [-0.05, 0) is 18.9 Å². The van der Waals surface area contributed by atoms with Crippen molar-refractivity contribution in [1.82, 2.24) is 20.1 Å². The average molecular weight is 418 g/mol. The van der Waals surface area contributed by atoms with Crippen LogP contribution < -0.4 is 10.1 Å². The van der Waals surface area contributed by atoms with Gasteiger partial charge in [0.1, 0.15) is 6.61 Å². The van der Waals surface area contributed by atoms with Gasteiger partial charge in [0.2, 0.25) is 17.7 Å². The first-order valence-electron chi connectivity index (χ1n) is 10.4. The summed E-state index contributed by atoms with van der Waals surface area (Å²) < 4.78 is 10.1. The molecule has 30 heavy (non-hydrogen) atoms. The predicted molar refractivity (Wildman–Crippen MR) is 109 cm³/mol. The van der Waals surface area contributed by atoms with Crippen LogP contribution in [0.3, 0.4) is 0 Å². The van der Waals surface area contributed by atoms with Crippen molar-refractivity contribution in [3.63, 3.8) is 0 Å². The number of carbonyl (C=O) groups is 3. The number of nitrogens with one attached hydrogen (secondary N) is 1. The summed E-state index contributed by atoms with van der Waals surface area (Å²) in [6, 6.07) is 3.13. The second-order valence-corrected chi connectivity index (χ2v) is 7.65. The number of rotatable bonds is 4. The van der Waals surface area contributed by atoms with E-state index >= 15 is 0 Å². The van der Waals surface area contributed by atoms with Crippen LogP contribution in [0.25, 0.3) is 0 Å². The summed E-state index contributed by atoms with van der Waals surface area (Å²) in [5.41, 5.74) is 0.435. The van der Waals surface area contributed by atoms with E-state index in [1.54, 1.807) is 21.9 Å². The predicted octanol–water partition coefficient (Wildman–Crippen LogP) is 0.696. The summed E-state index contributed by atoms with van der Waals surface area (Å²) >= 11 is 0. The lowest BCUT2D eigenvalue weighted by molar-refractivity contribution is -0.142. The van der Waals surface area contributed by atoms with Crippen molar-refractivity contribution in [2.24, 2.45) is 5.92 Å². The molecular weight excluding hydrogens is 388 g/mol. The van der Waals surface area contributed by atoms with Crippen molar-refractivity contribution in [2.45, 2.75) is 31.7 Å². The number of amides is 3. The minimum absolute atomic E-state index is 0.0405. The van der Waals surface area contributed by atoms with E-state index < -0.39 is 0 Å². The lowest BCUT2D eigenvalue weighted by atomic mass is 9.82. The molecule has 2 heterocycles. The number of hydrogen-bond donors (Lipinski definition) is 1. The standard InChI is InChI=1S/C21H30N4O5/c1-29-14-19(26)25-12-11-24(21(28)15-7-8-18(30-2)23-13-15)10-9-22-20(27)16-5-3-4-6-17(16)25/h7-8,13,16-17H,3-6,9-12,14H2,1-2H3,(H,22,27). The third-order valence-electron chi connectivity index (χ3n) is 5.83. The summed E-state index contributed by atoms with van der Waals surface area (Å²) in [6.07, 6.45) is 4.99. The summed E-state index contributed by atoms with van der Waals surface area (Å²) in [5.74, 6) is -0.178. The highest BCUT2D eigenvalue weighted by atomic mass is 16.5. The summed E-state index contributed by atoms with van der Waals surface area (Å²) in [4.78, 5) is 46.1. The van der Waals surface area contributed by atoms with Crippen LogP contribution in [0.5, 0.6) is 5.88 Å². The number of pyridine rings is 1. The second kappa shape index (κ2) is 10.4. The minimum atomic E-state index is -0.215. The molecule has 1 aliphatic heterocycles. The summed E-state index contributed by atoms with van der Waals surface area (Å²) in [5, 5.41) is 2.96. The Morgan fingerprint density at radius 2 is 1.97 bits per heavy atom. The molecule has 2 atom stereocenters. The monoisotopic (exact) mass is 418 g/mol. The van der Waals surface area contributed by atoms with Gasteiger partial charge < -0.3 is 24.6 Å². The molecule has 3 amide bonds. The minimum Gasteiger partial charge on any atom is -0.481 e. The molecule has 0 spiro atoms. The maximum Gasteiger partial charge on any atom is 0.255 e. The molecule has 164 valence electrons. The second-order valence-electron chi connectivity index (χ2n) is 7.65. The summed E-state index contributed by atoms with van der Waals surface area (Å²) in [7, 11) is 3.00. The lowest BCUT2D eigenvalue weighted by Gasteiger charge is -2.41. The molecule has 1 N–H and O–H groups in total. The average Bonchev–Trinajstić information content (AvgIpc) is 2.78. The van der Waals surface area contributed by atoms with Crippen LogP contribution in [0.1, 0.15) is 36.0 Å². The fourth-order valence-electron chi connectivity index (χ4n) is 4.27. The van der Waals surface area contributed by atoms with Crippen LogP contribution >= 0.6 is 0 Å². The molecule has 9 heteroatoms. The van der Waals surface area contributed by atoms with Crippen LogP contribution in [0, 0.1) is 5.92 Å². The van der Waals surface area contributed by atoms with Gasteiger partial charge in [0.05, 0.1) is 18.6 Å². The first kappa shape index (κ1) is 22.0. The van der Waals surface area contributed by atoms with E-state index in [2.05, 4.69) is 10.3 Å². The van der Waals surface area contributed by atoms with Gasteiger partial charge in [-0.1, -0.05) is 12.8 Å². The normalized spacial score (nSPS) is 22.7. The van der Waals surface area contributed by atoms with E-state index in [1.807, 2.05) is 0 Å². The molecule has 0 radical (unpaired) electrons. The quantitative estimate of drug-likeness (QED) is 0.772. The fourth-order valence-corrected chi connectivity index (χ4v) is 4.27. The molecule has 1 aliphatic carbocycles. The molecule has 2 fully saturated rings. The molecule has 1 saturated carbocycles. The molecule has 2 aliphatic rings. The van der Waals surface area contributed by atoms with Crippen LogP contribution in [-0.4, -0.2) is 85.6 Å². The van der Waals surface area contributed by atoms with Crippen molar-refractivity contribution < 1.29 is 23.9 Å². The third-order valence-corrected chi connectivity index (χ3v) is 5.83. The van der Waals surface area contributed by atoms with Crippen molar-refractivity contribution >= 4 is 17.7 Å². The zero-order valence-corrected chi connectivity index (χ0v) is 17.6. The Labute approximate surface area is 176 Å². The molecule has 0 aromatic carbocycles. The molecule has 3 rings (SSSR count). The third kappa shape index (κ3) is 5.08. The van der Waals surface area contributed by atoms with Gasteiger partial charge in [-0.3, -0.25) is 14.4 Å². The van der Waals surface area contributed by atoms with Crippen molar-refractivity contribution in [3.05, 3.63) is 23.9 Å². The van der Waals surface area contributed by atoms with Crippen molar-refractivity contribution in [3.8, 4) is 5.88 Å². The highest BCUT2D eigenvalue weighted by Gasteiger charge is 2.37. The smallest absolute Gasteiger partial charge is 0.255 e. The first-order chi connectivity index (χ1) is 14.5. The van der Waals surface area contributed by atoms with Gasteiger partial charge in [-0.25, -0.2) is 4.98 Å². The molecular formula is C21H30N4O5. The van der Waals surface area contributed by atoms with Gasteiger partial charge >= 0.3 is 0 Å². The van der Waals surface area contributed by atoms with Crippen molar-refractivity contribution in [2.75, 3.05) is 47.0 Å². The van der Waals surface area contributed by atoms with Gasteiger partial charge in [0, 0.05) is 51.6 Å². The van der Waals surface area contributed by atoms with Gasteiger partial charge in [0.25, 0.3) is 5.91 Å². The highest BCUT2D eigenvalue weighted by molar-refractivity contribution is 5.94.